The second-order valence-electron chi connectivity index (χ2n) is 6.43. The quantitative estimate of drug-likeness (QED) is 0.676. The van der Waals surface area contributed by atoms with E-state index in [4.69, 9.17) is 30.5 Å². The molecule has 1 aliphatic heterocycles. The first kappa shape index (κ1) is 20.9. The van der Waals surface area contributed by atoms with Crippen molar-refractivity contribution in [3.63, 3.8) is 0 Å². The fraction of sp³-hybridized carbons (Fsp3) is 0.318. The molecular formula is C22H24ClNO5. The third-order valence-electron chi connectivity index (χ3n) is 4.39. The molecule has 1 N–H and O–H groups in total. The van der Waals surface area contributed by atoms with E-state index in [0.717, 1.165) is 16.9 Å². The van der Waals surface area contributed by atoms with E-state index < -0.39 is 0 Å². The van der Waals surface area contributed by atoms with Gasteiger partial charge in [-0.2, -0.15) is 0 Å². The lowest BCUT2D eigenvalue weighted by atomic mass is 10.1. The van der Waals surface area contributed by atoms with E-state index in [2.05, 4.69) is 5.32 Å². The van der Waals surface area contributed by atoms with Crippen LogP contribution in [0, 0.1) is 0 Å². The maximum absolute atomic E-state index is 12.4. The number of hydrogen-bond donors (Lipinski definition) is 1. The van der Waals surface area contributed by atoms with Gasteiger partial charge in [0.05, 0.1) is 24.8 Å². The highest BCUT2D eigenvalue weighted by atomic mass is 35.5. The molecule has 0 fully saturated rings. The Hall–Kier alpha value is -2.86. The van der Waals surface area contributed by atoms with Crippen molar-refractivity contribution in [2.75, 3.05) is 26.9 Å². The molecule has 29 heavy (non-hydrogen) atoms. The van der Waals surface area contributed by atoms with Gasteiger partial charge in [0, 0.05) is 6.08 Å². The molecule has 0 aromatic heterocycles. The van der Waals surface area contributed by atoms with Gasteiger partial charge >= 0.3 is 0 Å². The maximum atomic E-state index is 12.4. The molecule has 0 saturated carbocycles. The van der Waals surface area contributed by atoms with Crippen LogP contribution < -0.4 is 24.3 Å². The number of carbonyl (C=O) groups excluding carboxylic acids is 1. The number of carbonyl (C=O) groups is 1. The van der Waals surface area contributed by atoms with Crippen molar-refractivity contribution < 1.29 is 23.7 Å². The van der Waals surface area contributed by atoms with Crippen LogP contribution in [0.5, 0.6) is 23.0 Å². The lowest BCUT2D eigenvalue weighted by molar-refractivity contribution is -0.117. The van der Waals surface area contributed by atoms with Crippen molar-refractivity contribution >= 4 is 23.6 Å². The first-order chi connectivity index (χ1) is 14.0. The Balaban J connectivity index is 1.67. The first-order valence-electron chi connectivity index (χ1n) is 9.40. The lowest BCUT2D eigenvalue weighted by Gasteiger charge is -2.20. The van der Waals surface area contributed by atoms with Gasteiger partial charge in [-0.3, -0.25) is 4.79 Å². The predicted octanol–water partition coefficient (Wildman–Crippen LogP) is 4.41. The molecule has 1 aliphatic rings. The molecule has 0 spiro atoms. The molecule has 154 valence electrons. The zero-order valence-electron chi connectivity index (χ0n) is 16.7. The molecule has 1 atom stereocenters. The highest BCUT2D eigenvalue weighted by molar-refractivity contribution is 6.32. The maximum Gasteiger partial charge on any atom is 0.244 e. The summed E-state index contributed by atoms with van der Waals surface area (Å²) in [5.74, 6) is 2.20. The molecule has 3 rings (SSSR count). The van der Waals surface area contributed by atoms with Crippen LogP contribution >= 0.6 is 11.6 Å². The van der Waals surface area contributed by atoms with Crippen LogP contribution in [0.2, 0.25) is 5.02 Å². The van der Waals surface area contributed by atoms with Crippen LogP contribution in [0.25, 0.3) is 6.08 Å². The molecule has 0 saturated heterocycles. The highest BCUT2D eigenvalue weighted by Gasteiger charge is 2.15. The number of amides is 1. The van der Waals surface area contributed by atoms with Crippen molar-refractivity contribution in [3.8, 4) is 23.0 Å². The summed E-state index contributed by atoms with van der Waals surface area (Å²) in [7, 11) is 1.55. The molecule has 1 heterocycles. The van der Waals surface area contributed by atoms with Crippen molar-refractivity contribution in [1.82, 2.24) is 5.32 Å². The van der Waals surface area contributed by atoms with Crippen LogP contribution in [-0.4, -0.2) is 32.8 Å². The van der Waals surface area contributed by atoms with E-state index in [-0.39, 0.29) is 11.9 Å². The third kappa shape index (κ3) is 5.15. The molecular weight excluding hydrogens is 394 g/mol. The fourth-order valence-electron chi connectivity index (χ4n) is 2.97. The molecule has 2 aromatic rings. The predicted molar refractivity (Wildman–Crippen MR) is 112 cm³/mol. The summed E-state index contributed by atoms with van der Waals surface area (Å²) in [6.07, 6.45) is 3.13. The smallest absolute Gasteiger partial charge is 0.244 e. The zero-order valence-corrected chi connectivity index (χ0v) is 17.4. The largest absolute Gasteiger partial charge is 0.493 e. The lowest BCUT2D eigenvalue weighted by Crippen LogP contribution is -2.25. The van der Waals surface area contributed by atoms with Crippen LogP contribution in [0.1, 0.15) is 31.0 Å². The van der Waals surface area contributed by atoms with Crippen LogP contribution in [0.15, 0.2) is 36.4 Å². The highest BCUT2D eigenvalue weighted by Crippen LogP contribution is 2.37. The van der Waals surface area contributed by atoms with Gasteiger partial charge in [0.15, 0.2) is 23.0 Å². The Morgan fingerprint density at radius 1 is 1.24 bits per heavy atom. The summed E-state index contributed by atoms with van der Waals surface area (Å²) < 4.78 is 22.0. The summed E-state index contributed by atoms with van der Waals surface area (Å²) in [5, 5.41) is 3.36. The van der Waals surface area contributed by atoms with Crippen molar-refractivity contribution in [2.24, 2.45) is 0 Å². The zero-order chi connectivity index (χ0) is 20.8. The number of methoxy groups -OCH3 is 1. The average molecular weight is 418 g/mol. The summed E-state index contributed by atoms with van der Waals surface area (Å²) in [5.41, 5.74) is 1.67. The summed E-state index contributed by atoms with van der Waals surface area (Å²) in [6.45, 7) is 5.33. The number of rotatable bonds is 7. The monoisotopic (exact) mass is 417 g/mol. The van der Waals surface area contributed by atoms with Gasteiger partial charge in [0.2, 0.25) is 5.91 Å². The van der Waals surface area contributed by atoms with Crippen molar-refractivity contribution in [3.05, 3.63) is 52.6 Å². The Morgan fingerprint density at radius 2 is 2.00 bits per heavy atom. The number of fused-ring (bicyclic) bond motifs is 1. The fourth-order valence-corrected chi connectivity index (χ4v) is 3.24. The standard InChI is InChI=1S/C22H24ClNO5/c1-4-27-22-17(23)11-15(12-20(22)26-3)5-8-21(25)24-14(2)16-6-7-18-19(13-16)29-10-9-28-18/h5-8,11-14H,4,9-10H2,1-3H3,(H,24,25). The molecule has 0 aliphatic carbocycles. The van der Waals surface area contributed by atoms with Crippen LogP contribution in [-0.2, 0) is 4.79 Å². The molecule has 1 amide bonds. The van der Waals surface area contributed by atoms with Gasteiger partial charge < -0.3 is 24.3 Å². The number of halogens is 1. The van der Waals surface area contributed by atoms with E-state index in [0.29, 0.717) is 42.1 Å². The summed E-state index contributed by atoms with van der Waals surface area (Å²) in [6, 6.07) is 8.96. The first-order valence-corrected chi connectivity index (χ1v) is 9.78. The van der Waals surface area contributed by atoms with Crippen molar-refractivity contribution in [2.45, 2.75) is 19.9 Å². The van der Waals surface area contributed by atoms with E-state index in [1.165, 1.54) is 6.08 Å². The minimum atomic E-state index is -0.226. The summed E-state index contributed by atoms with van der Waals surface area (Å²) in [4.78, 5) is 12.4. The topological polar surface area (TPSA) is 66.0 Å². The molecule has 2 aromatic carbocycles. The Kier molecular flexibility index (Phi) is 6.88. The average Bonchev–Trinajstić information content (AvgIpc) is 2.73. The van der Waals surface area contributed by atoms with Crippen molar-refractivity contribution in [1.29, 1.82) is 0 Å². The number of ether oxygens (including phenoxy) is 4. The van der Waals surface area contributed by atoms with E-state index >= 15 is 0 Å². The second-order valence-corrected chi connectivity index (χ2v) is 6.84. The number of hydrogen-bond acceptors (Lipinski definition) is 5. The minimum Gasteiger partial charge on any atom is -0.493 e. The van der Waals surface area contributed by atoms with E-state index in [9.17, 15) is 4.79 Å². The van der Waals surface area contributed by atoms with E-state index in [1.54, 1.807) is 25.3 Å². The van der Waals surface area contributed by atoms with Gasteiger partial charge in [-0.15, -0.1) is 0 Å². The molecule has 0 bridgehead atoms. The van der Waals surface area contributed by atoms with Gasteiger partial charge in [-0.05, 0) is 55.3 Å². The Bertz CT molecular complexity index is 912. The SMILES string of the molecule is CCOc1c(Cl)cc(C=CC(=O)NC(C)c2ccc3c(c2)OCCO3)cc1OC. The minimum absolute atomic E-state index is 0.193. The normalized spacial score (nSPS) is 13.8. The van der Waals surface area contributed by atoms with Crippen LogP contribution in [0.3, 0.4) is 0 Å². The molecule has 7 heteroatoms. The molecule has 0 radical (unpaired) electrons. The van der Waals surface area contributed by atoms with Gasteiger partial charge in [-0.25, -0.2) is 0 Å². The number of nitrogens with one attached hydrogen (secondary N) is 1. The van der Waals surface area contributed by atoms with Gasteiger partial charge in [0.25, 0.3) is 0 Å². The van der Waals surface area contributed by atoms with Gasteiger partial charge in [-0.1, -0.05) is 17.7 Å². The van der Waals surface area contributed by atoms with E-state index in [1.807, 2.05) is 32.0 Å². The van der Waals surface area contributed by atoms with Crippen LogP contribution in [0.4, 0.5) is 0 Å². The third-order valence-corrected chi connectivity index (χ3v) is 4.67. The molecule has 6 nitrogen and oxygen atoms in total. The second kappa shape index (κ2) is 9.56. The Labute approximate surface area is 175 Å². The summed E-state index contributed by atoms with van der Waals surface area (Å²) >= 11 is 6.27. The molecule has 1 unspecified atom stereocenters. The Morgan fingerprint density at radius 3 is 2.72 bits per heavy atom. The van der Waals surface area contributed by atoms with Gasteiger partial charge in [0.1, 0.15) is 13.2 Å². The number of benzene rings is 2.